The van der Waals surface area contributed by atoms with E-state index < -0.39 is 6.36 Å². The van der Waals surface area contributed by atoms with E-state index in [2.05, 4.69) is 15.2 Å². The van der Waals surface area contributed by atoms with Crippen molar-refractivity contribution in [2.75, 3.05) is 7.05 Å². The van der Waals surface area contributed by atoms with E-state index >= 15 is 0 Å². The minimum absolute atomic E-state index is 0.145. The van der Waals surface area contributed by atoms with Crippen molar-refractivity contribution >= 4 is 0 Å². The average molecular weight is 383 g/mol. The van der Waals surface area contributed by atoms with Gasteiger partial charge in [-0.15, -0.1) is 13.2 Å². The molecule has 0 aliphatic heterocycles. The van der Waals surface area contributed by atoms with E-state index in [0.29, 0.717) is 24.0 Å². The van der Waals surface area contributed by atoms with Crippen LogP contribution in [0.2, 0.25) is 0 Å². The van der Waals surface area contributed by atoms with Crippen LogP contribution in [0.15, 0.2) is 30.3 Å². The molecule has 0 bridgehead atoms. The maximum absolute atomic E-state index is 12.4. The molecule has 0 unspecified atom stereocenters. The molecule has 0 saturated heterocycles. The van der Waals surface area contributed by atoms with Crippen LogP contribution < -0.4 is 14.8 Å². The largest absolute Gasteiger partial charge is 0.573 e. The Balaban J connectivity index is 1.72. The molecule has 1 aromatic carbocycles. The fourth-order valence-electron chi connectivity index (χ4n) is 3.38. The van der Waals surface area contributed by atoms with Crippen molar-refractivity contribution in [2.45, 2.75) is 57.7 Å². The minimum atomic E-state index is -4.71. The first-order valence-corrected chi connectivity index (χ1v) is 9.15. The van der Waals surface area contributed by atoms with Crippen LogP contribution in [-0.2, 0) is 13.2 Å². The molecule has 148 valence electrons. The normalized spacial score (nSPS) is 15.7. The van der Waals surface area contributed by atoms with Crippen molar-refractivity contribution in [3.05, 3.63) is 41.6 Å². The number of halogens is 3. The molecule has 0 atom stereocenters. The number of aromatic nitrogens is 2. The third-order valence-corrected chi connectivity index (χ3v) is 4.55. The number of nitrogens with one attached hydrogen (secondary N) is 1. The van der Waals surface area contributed by atoms with Crippen LogP contribution in [0, 0.1) is 0 Å². The van der Waals surface area contributed by atoms with Gasteiger partial charge in [-0.3, -0.25) is 0 Å². The Morgan fingerprint density at radius 1 is 1.19 bits per heavy atom. The summed E-state index contributed by atoms with van der Waals surface area (Å²) in [6, 6.07) is 8.03. The number of hydrogen-bond donors (Lipinski definition) is 1. The summed E-state index contributed by atoms with van der Waals surface area (Å²) in [7, 11) is 1.85. The van der Waals surface area contributed by atoms with Gasteiger partial charge >= 0.3 is 6.36 Å². The van der Waals surface area contributed by atoms with Crippen LogP contribution >= 0.6 is 0 Å². The van der Waals surface area contributed by atoms with Gasteiger partial charge in [0.15, 0.2) is 0 Å². The third kappa shape index (κ3) is 5.63. The Labute approximate surface area is 156 Å². The molecular weight excluding hydrogens is 359 g/mol. The Bertz CT molecular complexity index is 740. The fourth-order valence-corrected chi connectivity index (χ4v) is 3.38. The predicted octanol–water partition coefficient (Wildman–Crippen LogP) is 4.59. The van der Waals surface area contributed by atoms with E-state index in [-0.39, 0.29) is 12.4 Å². The molecule has 0 radical (unpaired) electrons. The first-order valence-electron chi connectivity index (χ1n) is 9.15. The van der Waals surface area contributed by atoms with E-state index in [1.807, 2.05) is 17.8 Å². The number of rotatable bonds is 7. The molecule has 1 N–H and O–H groups in total. The molecule has 2 aromatic rings. The zero-order valence-corrected chi connectivity index (χ0v) is 15.3. The first-order chi connectivity index (χ1) is 12.9. The number of nitrogens with zero attached hydrogens (tertiary/aromatic N) is 2. The van der Waals surface area contributed by atoms with E-state index in [0.717, 1.165) is 18.5 Å². The Morgan fingerprint density at radius 2 is 1.96 bits per heavy atom. The highest BCUT2D eigenvalue weighted by Gasteiger charge is 2.31. The molecule has 1 aliphatic rings. The molecule has 27 heavy (non-hydrogen) atoms. The molecule has 0 amide bonds. The second kappa shape index (κ2) is 8.65. The third-order valence-electron chi connectivity index (χ3n) is 4.55. The van der Waals surface area contributed by atoms with Crippen LogP contribution in [-0.4, -0.2) is 23.2 Å². The molecule has 1 heterocycles. The number of alkyl halides is 3. The summed E-state index contributed by atoms with van der Waals surface area (Å²) in [5, 5.41) is 7.73. The Hall–Kier alpha value is -2.22. The molecule has 3 rings (SSSR count). The zero-order chi connectivity index (χ0) is 19.3. The van der Waals surface area contributed by atoms with Crippen LogP contribution in [0.25, 0.3) is 0 Å². The molecule has 5 nitrogen and oxygen atoms in total. The summed E-state index contributed by atoms with van der Waals surface area (Å²) < 4.78 is 49.0. The van der Waals surface area contributed by atoms with Crippen molar-refractivity contribution in [1.82, 2.24) is 15.1 Å². The SMILES string of the molecule is CNCc1cc(OCc2cccc(OC(F)(F)F)c2)n(C2CCCCC2)n1. The maximum atomic E-state index is 12.4. The van der Waals surface area contributed by atoms with Crippen molar-refractivity contribution in [2.24, 2.45) is 0 Å². The van der Waals surface area contributed by atoms with E-state index in [9.17, 15) is 13.2 Å². The maximum Gasteiger partial charge on any atom is 0.573 e. The molecule has 1 saturated carbocycles. The number of hydrogen-bond acceptors (Lipinski definition) is 4. The summed E-state index contributed by atoms with van der Waals surface area (Å²) in [5.41, 5.74) is 1.48. The predicted molar refractivity (Wildman–Crippen MR) is 94.6 cm³/mol. The summed E-state index contributed by atoms with van der Waals surface area (Å²) in [5.74, 6) is 0.398. The van der Waals surface area contributed by atoms with Gasteiger partial charge in [0.1, 0.15) is 12.4 Å². The fraction of sp³-hybridized carbons (Fsp3) is 0.526. The standard InChI is InChI=1S/C19H24F3N3O2/c1-23-12-15-11-18(25(24-15)16-7-3-2-4-8-16)26-13-14-6-5-9-17(10-14)27-19(20,21)22/h5-6,9-11,16,23H,2-4,7-8,12-13H2,1H3. The molecular formula is C19H24F3N3O2. The lowest BCUT2D eigenvalue weighted by Crippen LogP contribution is -2.17. The lowest BCUT2D eigenvalue weighted by atomic mass is 9.96. The van der Waals surface area contributed by atoms with Crippen molar-refractivity contribution < 1.29 is 22.6 Å². The van der Waals surface area contributed by atoms with Gasteiger partial charge in [0.2, 0.25) is 5.88 Å². The molecule has 1 aliphatic carbocycles. The summed E-state index contributed by atoms with van der Waals surface area (Å²) in [6.45, 7) is 0.775. The van der Waals surface area contributed by atoms with E-state index in [4.69, 9.17) is 4.74 Å². The van der Waals surface area contributed by atoms with Crippen LogP contribution in [0.4, 0.5) is 13.2 Å². The van der Waals surface area contributed by atoms with Gasteiger partial charge in [-0.25, -0.2) is 4.68 Å². The second-order valence-electron chi connectivity index (χ2n) is 6.72. The number of benzene rings is 1. The summed E-state index contributed by atoms with van der Waals surface area (Å²) in [6.07, 6.45) is 0.993. The summed E-state index contributed by atoms with van der Waals surface area (Å²) >= 11 is 0. The molecule has 1 fully saturated rings. The summed E-state index contributed by atoms with van der Waals surface area (Å²) in [4.78, 5) is 0. The zero-order valence-electron chi connectivity index (χ0n) is 15.3. The highest BCUT2D eigenvalue weighted by molar-refractivity contribution is 5.29. The van der Waals surface area contributed by atoms with E-state index in [1.54, 1.807) is 6.07 Å². The average Bonchev–Trinajstić information content (AvgIpc) is 3.03. The van der Waals surface area contributed by atoms with Gasteiger partial charge in [0.05, 0.1) is 11.7 Å². The Kier molecular flexibility index (Phi) is 6.26. The first kappa shape index (κ1) is 19.5. The van der Waals surface area contributed by atoms with Gasteiger partial charge in [0, 0.05) is 12.6 Å². The smallest absolute Gasteiger partial charge is 0.473 e. The lowest BCUT2D eigenvalue weighted by Gasteiger charge is -2.23. The van der Waals surface area contributed by atoms with Gasteiger partial charge < -0.3 is 14.8 Å². The molecule has 8 heteroatoms. The minimum Gasteiger partial charge on any atom is -0.473 e. The highest BCUT2D eigenvalue weighted by atomic mass is 19.4. The van der Waals surface area contributed by atoms with Crippen LogP contribution in [0.5, 0.6) is 11.6 Å². The van der Waals surface area contributed by atoms with Gasteiger partial charge in [0.25, 0.3) is 0 Å². The van der Waals surface area contributed by atoms with E-state index in [1.165, 1.54) is 37.5 Å². The number of ether oxygens (including phenoxy) is 2. The quantitative estimate of drug-likeness (QED) is 0.760. The van der Waals surface area contributed by atoms with Gasteiger partial charge in [-0.2, -0.15) is 5.10 Å². The van der Waals surface area contributed by atoms with Gasteiger partial charge in [-0.1, -0.05) is 31.4 Å². The van der Waals surface area contributed by atoms with Crippen LogP contribution in [0.1, 0.15) is 49.4 Å². The van der Waals surface area contributed by atoms with Crippen LogP contribution in [0.3, 0.4) is 0 Å². The van der Waals surface area contributed by atoms with Crippen molar-refractivity contribution in [1.29, 1.82) is 0 Å². The monoisotopic (exact) mass is 383 g/mol. The lowest BCUT2D eigenvalue weighted by molar-refractivity contribution is -0.274. The molecule has 1 aromatic heterocycles. The second-order valence-corrected chi connectivity index (χ2v) is 6.72. The van der Waals surface area contributed by atoms with Crippen molar-refractivity contribution in [3.63, 3.8) is 0 Å². The van der Waals surface area contributed by atoms with Crippen molar-refractivity contribution in [3.8, 4) is 11.6 Å². The topological polar surface area (TPSA) is 48.3 Å². The highest BCUT2D eigenvalue weighted by Crippen LogP contribution is 2.32. The Morgan fingerprint density at radius 3 is 2.67 bits per heavy atom. The van der Waals surface area contributed by atoms with Gasteiger partial charge in [-0.05, 0) is 37.6 Å². The molecule has 0 spiro atoms.